The van der Waals surface area contributed by atoms with Gasteiger partial charge in [0.05, 0.1) is 0 Å². The van der Waals surface area contributed by atoms with Gasteiger partial charge in [0.15, 0.2) is 0 Å². The van der Waals surface area contributed by atoms with E-state index in [1.54, 1.807) is 0 Å². The van der Waals surface area contributed by atoms with Crippen LogP contribution in [-0.4, -0.2) is 26.4 Å². The molecule has 1 aromatic carbocycles. The number of carbonyl (C=O) groups excluding carboxylic acids is 1. The molecular formula is C17H23FN2O3S. The van der Waals surface area contributed by atoms with Crippen molar-refractivity contribution in [2.24, 2.45) is 5.92 Å². The predicted molar refractivity (Wildman–Crippen MR) is 88.6 cm³/mol. The fourth-order valence-corrected chi connectivity index (χ4v) is 4.42. The molecule has 0 heterocycles. The Balaban J connectivity index is 1.73. The fraction of sp³-hybridized carbons (Fsp3) is 0.588. The second kappa shape index (κ2) is 6.80. The number of nitrogens with one attached hydrogen (secondary N) is 2. The lowest BCUT2D eigenvalue weighted by Gasteiger charge is -2.27. The van der Waals surface area contributed by atoms with Crippen LogP contribution in [0.15, 0.2) is 23.1 Å². The Kier molecular flexibility index (Phi) is 4.92. The zero-order chi connectivity index (χ0) is 17.3. The molecule has 5 nitrogen and oxygen atoms in total. The van der Waals surface area contributed by atoms with Gasteiger partial charge in [-0.2, -0.15) is 0 Å². The lowest BCUT2D eigenvalue weighted by molar-refractivity contribution is 0.0922. The normalized spacial score (nSPS) is 24.6. The summed E-state index contributed by atoms with van der Waals surface area (Å²) in [6.07, 6.45) is 5.51. The molecule has 24 heavy (non-hydrogen) atoms. The molecule has 132 valence electrons. The topological polar surface area (TPSA) is 75.3 Å². The summed E-state index contributed by atoms with van der Waals surface area (Å²) < 4.78 is 40.8. The van der Waals surface area contributed by atoms with E-state index in [2.05, 4.69) is 17.0 Å². The minimum atomic E-state index is -3.93. The second-order valence-corrected chi connectivity index (χ2v) is 8.65. The predicted octanol–water partition coefficient (Wildman–Crippen LogP) is 2.57. The van der Waals surface area contributed by atoms with Crippen molar-refractivity contribution in [1.29, 1.82) is 0 Å². The van der Waals surface area contributed by atoms with Gasteiger partial charge < -0.3 is 5.32 Å². The van der Waals surface area contributed by atoms with Crippen molar-refractivity contribution in [1.82, 2.24) is 10.0 Å². The maximum absolute atomic E-state index is 14.0. The molecule has 1 amide bonds. The maximum Gasteiger partial charge on any atom is 0.251 e. The largest absolute Gasteiger partial charge is 0.349 e. The van der Waals surface area contributed by atoms with E-state index in [-0.39, 0.29) is 23.6 Å². The summed E-state index contributed by atoms with van der Waals surface area (Å²) >= 11 is 0. The number of amides is 1. The Morgan fingerprint density at radius 2 is 1.71 bits per heavy atom. The summed E-state index contributed by atoms with van der Waals surface area (Å²) in [6, 6.07) is 3.48. The maximum atomic E-state index is 14.0. The van der Waals surface area contributed by atoms with Gasteiger partial charge in [0.2, 0.25) is 10.0 Å². The molecule has 2 N–H and O–H groups in total. The lowest BCUT2D eigenvalue weighted by Crippen LogP contribution is -2.37. The van der Waals surface area contributed by atoms with Gasteiger partial charge in [-0.15, -0.1) is 0 Å². The first-order chi connectivity index (χ1) is 11.3. The highest BCUT2D eigenvalue weighted by Gasteiger charge is 2.30. The van der Waals surface area contributed by atoms with Crippen molar-refractivity contribution in [3.63, 3.8) is 0 Å². The van der Waals surface area contributed by atoms with Crippen LogP contribution in [0.2, 0.25) is 0 Å². The molecule has 0 atom stereocenters. The molecule has 2 aliphatic rings. The van der Waals surface area contributed by atoms with Crippen LogP contribution >= 0.6 is 0 Å². The fourth-order valence-electron chi connectivity index (χ4n) is 3.01. The molecule has 2 aliphatic carbocycles. The van der Waals surface area contributed by atoms with Gasteiger partial charge in [-0.1, -0.05) is 6.92 Å². The third-order valence-corrected chi connectivity index (χ3v) is 6.27. The highest BCUT2D eigenvalue weighted by molar-refractivity contribution is 7.89. The summed E-state index contributed by atoms with van der Waals surface area (Å²) in [5, 5.41) is 2.93. The van der Waals surface area contributed by atoms with Crippen molar-refractivity contribution < 1.29 is 17.6 Å². The van der Waals surface area contributed by atoms with Gasteiger partial charge in [0.1, 0.15) is 10.7 Å². The van der Waals surface area contributed by atoms with E-state index in [4.69, 9.17) is 0 Å². The van der Waals surface area contributed by atoms with E-state index >= 15 is 0 Å². The Bertz CT molecular complexity index is 723. The molecule has 7 heteroatoms. The minimum absolute atomic E-state index is 0.100. The average molecular weight is 354 g/mol. The monoisotopic (exact) mass is 354 g/mol. The van der Waals surface area contributed by atoms with Gasteiger partial charge in [-0.05, 0) is 62.6 Å². The SMILES string of the molecule is CC1CCC(NC(=O)c2ccc(F)c(S(=O)(=O)NC3CC3)c2)CC1. The Morgan fingerprint density at radius 1 is 1.08 bits per heavy atom. The molecular weight excluding hydrogens is 331 g/mol. The zero-order valence-electron chi connectivity index (χ0n) is 13.7. The van der Waals surface area contributed by atoms with Crippen LogP contribution in [0.25, 0.3) is 0 Å². The van der Waals surface area contributed by atoms with Crippen LogP contribution in [0.5, 0.6) is 0 Å². The van der Waals surface area contributed by atoms with E-state index in [1.165, 1.54) is 6.07 Å². The molecule has 0 aromatic heterocycles. The number of sulfonamides is 1. The molecule has 1 aromatic rings. The summed E-state index contributed by atoms with van der Waals surface area (Å²) in [5.74, 6) is -0.516. The van der Waals surface area contributed by atoms with Crippen LogP contribution in [0, 0.1) is 11.7 Å². The number of benzene rings is 1. The third kappa shape index (κ3) is 4.13. The van der Waals surface area contributed by atoms with E-state index in [1.807, 2.05) is 0 Å². The molecule has 2 saturated carbocycles. The summed E-state index contributed by atoms with van der Waals surface area (Å²) in [5.41, 5.74) is 0.172. The first-order valence-corrected chi connectivity index (χ1v) is 9.96. The highest BCUT2D eigenvalue weighted by atomic mass is 32.2. The summed E-state index contributed by atoms with van der Waals surface area (Å²) in [6.45, 7) is 2.20. The van der Waals surface area contributed by atoms with Crippen molar-refractivity contribution in [2.75, 3.05) is 0 Å². The lowest BCUT2D eigenvalue weighted by atomic mass is 9.87. The first-order valence-electron chi connectivity index (χ1n) is 8.48. The number of rotatable bonds is 5. The quantitative estimate of drug-likeness (QED) is 0.853. The van der Waals surface area contributed by atoms with Gasteiger partial charge in [-0.25, -0.2) is 17.5 Å². The Hall–Kier alpha value is -1.47. The Morgan fingerprint density at radius 3 is 2.33 bits per heavy atom. The van der Waals surface area contributed by atoms with E-state index < -0.39 is 20.7 Å². The van der Waals surface area contributed by atoms with Crippen LogP contribution in [0.4, 0.5) is 4.39 Å². The first kappa shape index (κ1) is 17.4. The Labute approximate surface area is 142 Å². The van der Waals surface area contributed by atoms with Crippen molar-refractivity contribution in [2.45, 2.75) is 62.4 Å². The second-order valence-electron chi connectivity index (χ2n) is 6.97. The molecule has 0 bridgehead atoms. The number of hydrogen-bond acceptors (Lipinski definition) is 3. The van der Waals surface area contributed by atoms with Crippen LogP contribution in [0.1, 0.15) is 55.8 Å². The molecule has 2 fully saturated rings. The average Bonchev–Trinajstić information content (AvgIpc) is 3.33. The van der Waals surface area contributed by atoms with E-state index in [0.717, 1.165) is 50.7 Å². The molecule has 0 aliphatic heterocycles. The molecule has 0 unspecified atom stereocenters. The summed E-state index contributed by atoms with van der Waals surface area (Å²) in [7, 11) is -3.93. The molecule has 0 saturated heterocycles. The van der Waals surface area contributed by atoms with Crippen molar-refractivity contribution >= 4 is 15.9 Å². The zero-order valence-corrected chi connectivity index (χ0v) is 14.5. The van der Waals surface area contributed by atoms with Gasteiger partial charge in [-0.3, -0.25) is 4.79 Å². The van der Waals surface area contributed by atoms with Crippen LogP contribution < -0.4 is 10.0 Å². The number of halogens is 1. The standard InChI is InChI=1S/C17H23FN2O3S/c1-11-2-5-13(6-3-11)19-17(21)12-4-9-15(18)16(10-12)24(22,23)20-14-7-8-14/h4,9-11,13-14,20H,2-3,5-8H2,1H3,(H,19,21). The van der Waals surface area contributed by atoms with E-state index in [9.17, 15) is 17.6 Å². The molecule has 0 radical (unpaired) electrons. The minimum Gasteiger partial charge on any atom is -0.349 e. The highest BCUT2D eigenvalue weighted by Crippen LogP contribution is 2.25. The van der Waals surface area contributed by atoms with Crippen molar-refractivity contribution in [3.8, 4) is 0 Å². The van der Waals surface area contributed by atoms with Crippen LogP contribution in [0.3, 0.4) is 0 Å². The van der Waals surface area contributed by atoms with E-state index in [0.29, 0.717) is 5.92 Å². The van der Waals surface area contributed by atoms with Crippen LogP contribution in [-0.2, 0) is 10.0 Å². The van der Waals surface area contributed by atoms with Gasteiger partial charge in [0, 0.05) is 17.6 Å². The smallest absolute Gasteiger partial charge is 0.251 e. The third-order valence-electron chi connectivity index (χ3n) is 4.73. The number of hydrogen-bond donors (Lipinski definition) is 2. The summed E-state index contributed by atoms with van der Waals surface area (Å²) in [4.78, 5) is 11.9. The molecule has 0 spiro atoms. The van der Waals surface area contributed by atoms with Gasteiger partial charge in [0.25, 0.3) is 5.91 Å². The van der Waals surface area contributed by atoms with Crippen molar-refractivity contribution in [3.05, 3.63) is 29.6 Å². The number of carbonyl (C=O) groups is 1. The van der Waals surface area contributed by atoms with Gasteiger partial charge >= 0.3 is 0 Å². The molecule has 3 rings (SSSR count).